The second kappa shape index (κ2) is 4.93. The second-order valence-corrected chi connectivity index (χ2v) is 5.41. The zero-order chi connectivity index (χ0) is 14.3. The number of fused-ring (bicyclic) bond motifs is 1. The number of nitrogens with zero attached hydrogens (tertiary/aromatic N) is 1. The van der Waals surface area contributed by atoms with Crippen LogP contribution in [0.1, 0.15) is 21.5 Å². The van der Waals surface area contributed by atoms with Crippen molar-refractivity contribution >= 4 is 40.0 Å². The fourth-order valence-electron chi connectivity index (χ4n) is 2.22. The van der Waals surface area contributed by atoms with Gasteiger partial charge in [0.15, 0.2) is 5.78 Å². The highest BCUT2D eigenvalue weighted by Gasteiger charge is 2.17. The number of carbonyl (C=O) groups excluding carboxylic acids is 1. The molecule has 0 aliphatic rings. The maximum atomic E-state index is 12.6. The van der Waals surface area contributed by atoms with E-state index in [9.17, 15) is 4.79 Å². The lowest BCUT2D eigenvalue weighted by molar-refractivity contribution is 0.104. The van der Waals surface area contributed by atoms with E-state index in [4.69, 9.17) is 23.2 Å². The van der Waals surface area contributed by atoms with Crippen LogP contribution in [0.4, 0.5) is 0 Å². The lowest BCUT2D eigenvalue weighted by Gasteiger charge is -2.03. The Kier molecular flexibility index (Phi) is 3.24. The lowest BCUT2D eigenvalue weighted by atomic mass is 10.0. The molecular formula is C15H10Cl2N2O. The van der Waals surface area contributed by atoms with Gasteiger partial charge in [0.05, 0.1) is 10.6 Å². The molecule has 1 aromatic carbocycles. The van der Waals surface area contributed by atoms with E-state index in [1.54, 1.807) is 30.6 Å². The maximum absolute atomic E-state index is 12.6. The van der Waals surface area contributed by atoms with Crippen molar-refractivity contribution in [3.63, 3.8) is 0 Å². The molecule has 0 amide bonds. The SMILES string of the molecule is Cc1cc(Cl)cc(C(=O)c2c[nH]c3nccc(Cl)c23)c1. The average Bonchev–Trinajstić information content (AvgIpc) is 2.82. The molecule has 2 heterocycles. The van der Waals surface area contributed by atoms with Crippen LogP contribution in [-0.4, -0.2) is 15.8 Å². The van der Waals surface area contributed by atoms with Gasteiger partial charge in [-0.1, -0.05) is 23.2 Å². The molecule has 20 heavy (non-hydrogen) atoms. The summed E-state index contributed by atoms with van der Waals surface area (Å²) in [6.07, 6.45) is 3.22. The van der Waals surface area contributed by atoms with E-state index in [2.05, 4.69) is 9.97 Å². The van der Waals surface area contributed by atoms with Crippen LogP contribution >= 0.6 is 23.2 Å². The van der Waals surface area contributed by atoms with Gasteiger partial charge in [0.1, 0.15) is 5.65 Å². The number of nitrogens with one attached hydrogen (secondary N) is 1. The number of hydrogen-bond acceptors (Lipinski definition) is 2. The molecule has 0 fully saturated rings. The largest absolute Gasteiger partial charge is 0.345 e. The van der Waals surface area contributed by atoms with Gasteiger partial charge >= 0.3 is 0 Å². The van der Waals surface area contributed by atoms with Crippen molar-refractivity contribution in [1.82, 2.24) is 9.97 Å². The Morgan fingerprint density at radius 3 is 2.80 bits per heavy atom. The minimum Gasteiger partial charge on any atom is -0.345 e. The summed E-state index contributed by atoms with van der Waals surface area (Å²) in [4.78, 5) is 19.7. The number of H-pyrrole nitrogens is 1. The molecule has 0 atom stereocenters. The number of benzene rings is 1. The minimum atomic E-state index is -0.128. The maximum Gasteiger partial charge on any atom is 0.195 e. The van der Waals surface area contributed by atoms with Crippen LogP contribution in [0.15, 0.2) is 36.7 Å². The Morgan fingerprint density at radius 1 is 1.25 bits per heavy atom. The summed E-state index contributed by atoms with van der Waals surface area (Å²) in [5.74, 6) is -0.128. The van der Waals surface area contributed by atoms with Crippen LogP contribution in [0.25, 0.3) is 11.0 Å². The van der Waals surface area contributed by atoms with Gasteiger partial charge in [-0.3, -0.25) is 4.79 Å². The van der Waals surface area contributed by atoms with Gasteiger partial charge in [-0.05, 0) is 36.8 Å². The van der Waals surface area contributed by atoms with Gasteiger partial charge in [-0.2, -0.15) is 0 Å². The van der Waals surface area contributed by atoms with E-state index >= 15 is 0 Å². The molecule has 0 saturated carbocycles. The van der Waals surface area contributed by atoms with E-state index in [1.807, 2.05) is 13.0 Å². The van der Waals surface area contributed by atoms with Crippen molar-refractivity contribution in [2.75, 3.05) is 0 Å². The molecule has 0 bridgehead atoms. The molecule has 0 radical (unpaired) electrons. The molecule has 3 nitrogen and oxygen atoms in total. The summed E-state index contributed by atoms with van der Waals surface area (Å²) in [5.41, 5.74) is 2.57. The molecule has 0 aliphatic heterocycles. The first-order valence-corrected chi connectivity index (χ1v) is 6.75. The summed E-state index contributed by atoms with van der Waals surface area (Å²) < 4.78 is 0. The van der Waals surface area contributed by atoms with Crippen LogP contribution in [0.3, 0.4) is 0 Å². The molecule has 0 spiro atoms. The Labute approximate surface area is 125 Å². The number of aryl methyl sites for hydroxylation is 1. The first kappa shape index (κ1) is 13.2. The number of aromatic nitrogens is 2. The van der Waals surface area contributed by atoms with Gasteiger partial charge in [0.2, 0.25) is 0 Å². The van der Waals surface area contributed by atoms with Gasteiger partial charge in [-0.15, -0.1) is 0 Å². The minimum absolute atomic E-state index is 0.128. The molecule has 3 aromatic rings. The van der Waals surface area contributed by atoms with E-state index in [0.717, 1.165) is 5.56 Å². The van der Waals surface area contributed by atoms with Crippen molar-refractivity contribution in [3.05, 3.63) is 63.4 Å². The first-order chi connectivity index (χ1) is 9.56. The second-order valence-electron chi connectivity index (χ2n) is 4.57. The van der Waals surface area contributed by atoms with Crippen LogP contribution < -0.4 is 0 Å². The van der Waals surface area contributed by atoms with Crippen molar-refractivity contribution in [1.29, 1.82) is 0 Å². The number of ketones is 1. The molecule has 0 unspecified atom stereocenters. The number of pyridine rings is 1. The molecule has 2 aromatic heterocycles. The highest BCUT2D eigenvalue weighted by Crippen LogP contribution is 2.27. The predicted molar refractivity (Wildman–Crippen MR) is 80.7 cm³/mol. The zero-order valence-corrected chi connectivity index (χ0v) is 12.1. The third kappa shape index (κ3) is 2.19. The Bertz CT molecular complexity index is 804. The van der Waals surface area contributed by atoms with Crippen molar-refractivity contribution in [3.8, 4) is 0 Å². The number of halogens is 2. The fourth-order valence-corrected chi connectivity index (χ4v) is 2.76. The monoisotopic (exact) mass is 304 g/mol. The van der Waals surface area contributed by atoms with Crippen LogP contribution in [0.2, 0.25) is 10.0 Å². The molecule has 1 N–H and O–H groups in total. The van der Waals surface area contributed by atoms with E-state index in [0.29, 0.717) is 32.2 Å². The number of carbonyl (C=O) groups is 1. The third-order valence-corrected chi connectivity index (χ3v) is 3.60. The smallest absolute Gasteiger partial charge is 0.195 e. The first-order valence-electron chi connectivity index (χ1n) is 6.00. The summed E-state index contributed by atoms with van der Waals surface area (Å²) in [5, 5.41) is 1.67. The van der Waals surface area contributed by atoms with E-state index in [-0.39, 0.29) is 5.78 Å². The zero-order valence-electron chi connectivity index (χ0n) is 10.6. The summed E-state index contributed by atoms with van der Waals surface area (Å²) in [7, 11) is 0. The molecule has 3 rings (SSSR count). The highest BCUT2D eigenvalue weighted by atomic mass is 35.5. The Morgan fingerprint density at radius 2 is 2.05 bits per heavy atom. The standard InChI is InChI=1S/C15H10Cl2N2O/c1-8-4-9(6-10(16)5-8)14(20)11-7-19-15-13(11)12(17)2-3-18-15/h2-7H,1H3,(H,18,19). The quantitative estimate of drug-likeness (QED) is 0.713. The van der Waals surface area contributed by atoms with Crippen molar-refractivity contribution < 1.29 is 4.79 Å². The topological polar surface area (TPSA) is 45.8 Å². The number of rotatable bonds is 2. The Hall–Kier alpha value is -1.84. The van der Waals surface area contributed by atoms with E-state index in [1.165, 1.54) is 0 Å². The van der Waals surface area contributed by atoms with Gasteiger partial charge in [0, 0.05) is 28.4 Å². The molecular weight excluding hydrogens is 295 g/mol. The number of hydrogen-bond donors (Lipinski definition) is 1. The highest BCUT2D eigenvalue weighted by molar-refractivity contribution is 6.37. The van der Waals surface area contributed by atoms with Crippen LogP contribution in [0.5, 0.6) is 0 Å². The summed E-state index contributed by atoms with van der Waals surface area (Å²) >= 11 is 12.2. The van der Waals surface area contributed by atoms with Gasteiger partial charge < -0.3 is 4.98 Å². The summed E-state index contributed by atoms with van der Waals surface area (Å²) in [6, 6.07) is 6.93. The van der Waals surface area contributed by atoms with Crippen LogP contribution in [0, 0.1) is 6.92 Å². The van der Waals surface area contributed by atoms with Gasteiger partial charge in [-0.25, -0.2) is 4.98 Å². The van der Waals surface area contributed by atoms with Crippen LogP contribution in [-0.2, 0) is 0 Å². The fraction of sp³-hybridized carbons (Fsp3) is 0.0667. The third-order valence-electron chi connectivity index (χ3n) is 3.07. The molecule has 5 heteroatoms. The summed E-state index contributed by atoms with van der Waals surface area (Å²) in [6.45, 7) is 1.90. The Balaban J connectivity index is 2.18. The van der Waals surface area contributed by atoms with Crippen molar-refractivity contribution in [2.45, 2.75) is 6.92 Å². The predicted octanol–water partition coefficient (Wildman–Crippen LogP) is 4.41. The lowest BCUT2D eigenvalue weighted by Crippen LogP contribution is -2.01. The molecule has 100 valence electrons. The normalized spacial score (nSPS) is 10.9. The number of aromatic amines is 1. The van der Waals surface area contributed by atoms with Crippen molar-refractivity contribution in [2.24, 2.45) is 0 Å². The van der Waals surface area contributed by atoms with E-state index < -0.39 is 0 Å². The molecule has 0 aliphatic carbocycles. The molecule has 0 saturated heterocycles. The van der Waals surface area contributed by atoms with Gasteiger partial charge in [0.25, 0.3) is 0 Å². The average molecular weight is 305 g/mol.